The normalized spacial score (nSPS) is 21.4. The zero-order chi connectivity index (χ0) is 15.9. The number of hydrogen-bond acceptors (Lipinski definition) is 2. The summed E-state index contributed by atoms with van der Waals surface area (Å²) in [4.78, 5) is 14.0. The number of benzene rings is 1. The summed E-state index contributed by atoms with van der Waals surface area (Å²) in [5.74, 6) is 0.598. The maximum absolute atomic E-state index is 12.3. The molecule has 22 heavy (non-hydrogen) atoms. The molecule has 1 aliphatic heterocycles. The molecule has 1 amide bonds. The molecular formula is C18H29N2O2+. The number of quaternary nitrogens is 1. The highest BCUT2D eigenvalue weighted by atomic mass is 16.5. The maximum Gasteiger partial charge on any atom is 0.255 e. The summed E-state index contributed by atoms with van der Waals surface area (Å²) in [5.41, 5.74) is 1.69. The van der Waals surface area contributed by atoms with Crippen molar-refractivity contribution in [3.63, 3.8) is 0 Å². The van der Waals surface area contributed by atoms with E-state index in [0.29, 0.717) is 11.3 Å². The fourth-order valence-electron chi connectivity index (χ4n) is 3.24. The lowest BCUT2D eigenvalue weighted by molar-refractivity contribution is -0.928. The van der Waals surface area contributed by atoms with Gasteiger partial charge < -0.3 is 15.0 Å². The summed E-state index contributed by atoms with van der Waals surface area (Å²) in [5, 5.41) is 3.02. The van der Waals surface area contributed by atoms with Crippen molar-refractivity contribution in [2.24, 2.45) is 0 Å². The van der Waals surface area contributed by atoms with Gasteiger partial charge in [0.15, 0.2) is 0 Å². The third kappa shape index (κ3) is 4.47. The molecule has 4 heteroatoms. The van der Waals surface area contributed by atoms with E-state index in [1.54, 1.807) is 12.0 Å². The molecule has 2 N–H and O–H groups in total. The Bertz CT molecular complexity index is 502. The fourth-order valence-corrected chi connectivity index (χ4v) is 3.24. The van der Waals surface area contributed by atoms with Crippen molar-refractivity contribution in [1.29, 1.82) is 0 Å². The van der Waals surface area contributed by atoms with E-state index in [2.05, 4.69) is 12.2 Å². The van der Waals surface area contributed by atoms with Crippen molar-refractivity contribution in [1.82, 2.24) is 5.32 Å². The second-order valence-corrected chi connectivity index (χ2v) is 6.37. The van der Waals surface area contributed by atoms with Crippen molar-refractivity contribution in [3.05, 3.63) is 29.3 Å². The highest BCUT2D eigenvalue weighted by Gasteiger charge is 2.21. The second kappa shape index (κ2) is 8.18. The molecule has 1 heterocycles. The summed E-state index contributed by atoms with van der Waals surface area (Å²) in [6.45, 7) is 7.47. The van der Waals surface area contributed by atoms with E-state index in [4.69, 9.17) is 4.74 Å². The molecule has 2 atom stereocenters. The minimum absolute atomic E-state index is 0.0396. The maximum atomic E-state index is 12.3. The number of rotatable bonds is 6. The van der Waals surface area contributed by atoms with Gasteiger partial charge in [-0.05, 0) is 45.2 Å². The SMILES string of the molecule is COc1ccc(C)cc1C(=O)NCCC[NH+]1CCCC[C@@H]1C. The number of piperidine rings is 1. The second-order valence-electron chi connectivity index (χ2n) is 6.37. The van der Waals surface area contributed by atoms with Crippen LogP contribution >= 0.6 is 0 Å². The highest BCUT2D eigenvalue weighted by Crippen LogP contribution is 2.19. The van der Waals surface area contributed by atoms with E-state index in [1.165, 1.54) is 25.8 Å². The van der Waals surface area contributed by atoms with Crippen LogP contribution < -0.4 is 15.0 Å². The number of likely N-dealkylation sites (tertiary alicyclic amines) is 1. The summed E-state index contributed by atoms with van der Waals surface area (Å²) >= 11 is 0. The van der Waals surface area contributed by atoms with Gasteiger partial charge in [-0.1, -0.05) is 11.6 Å². The van der Waals surface area contributed by atoms with Gasteiger partial charge in [0.25, 0.3) is 5.91 Å². The number of carbonyl (C=O) groups is 1. The predicted octanol–water partition coefficient (Wildman–Crippen LogP) is 1.58. The van der Waals surface area contributed by atoms with Gasteiger partial charge in [-0.3, -0.25) is 4.79 Å². The first-order valence-electron chi connectivity index (χ1n) is 8.39. The molecule has 0 saturated carbocycles. The average molecular weight is 305 g/mol. The predicted molar refractivity (Wildman–Crippen MR) is 88.7 cm³/mol. The van der Waals surface area contributed by atoms with Crippen LogP contribution in [0.1, 0.15) is 48.5 Å². The van der Waals surface area contributed by atoms with Crippen LogP contribution in [0.4, 0.5) is 0 Å². The molecule has 4 nitrogen and oxygen atoms in total. The minimum Gasteiger partial charge on any atom is -0.496 e. The molecule has 0 spiro atoms. The molecule has 1 fully saturated rings. The Kier molecular flexibility index (Phi) is 6.25. The number of ether oxygens (including phenoxy) is 1. The van der Waals surface area contributed by atoms with Gasteiger partial charge in [0.05, 0.1) is 31.8 Å². The lowest BCUT2D eigenvalue weighted by Gasteiger charge is -2.30. The molecule has 1 aromatic carbocycles. The Balaban J connectivity index is 1.79. The summed E-state index contributed by atoms with van der Waals surface area (Å²) in [7, 11) is 1.60. The van der Waals surface area contributed by atoms with Gasteiger partial charge in [0.1, 0.15) is 5.75 Å². The molecule has 0 bridgehead atoms. The largest absolute Gasteiger partial charge is 0.496 e. The number of methoxy groups -OCH3 is 1. The average Bonchev–Trinajstić information content (AvgIpc) is 2.52. The zero-order valence-electron chi connectivity index (χ0n) is 14.1. The summed E-state index contributed by atoms with van der Waals surface area (Å²) in [6, 6.07) is 6.45. The molecular weight excluding hydrogens is 276 g/mol. The van der Waals surface area contributed by atoms with Crippen LogP contribution in [0.5, 0.6) is 5.75 Å². The van der Waals surface area contributed by atoms with Crippen LogP contribution in [-0.4, -0.2) is 38.7 Å². The van der Waals surface area contributed by atoms with Crippen LogP contribution in [0.25, 0.3) is 0 Å². The van der Waals surface area contributed by atoms with E-state index >= 15 is 0 Å². The third-order valence-corrected chi connectivity index (χ3v) is 4.64. The molecule has 0 aromatic heterocycles. The van der Waals surface area contributed by atoms with Crippen LogP contribution in [-0.2, 0) is 0 Å². The molecule has 1 unspecified atom stereocenters. The van der Waals surface area contributed by atoms with Crippen LogP contribution in [0, 0.1) is 6.92 Å². The van der Waals surface area contributed by atoms with Gasteiger partial charge in [-0.15, -0.1) is 0 Å². The van der Waals surface area contributed by atoms with E-state index in [-0.39, 0.29) is 5.91 Å². The van der Waals surface area contributed by atoms with Gasteiger partial charge in [0.2, 0.25) is 0 Å². The van der Waals surface area contributed by atoms with E-state index in [0.717, 1.165) is 31.1 Å². The molecule has 1 saturated heterocycles. The first-order chi connectivity index (χ1) is 10.6. The van der Waals surface area contributed by atoms with Crippen molar-refractivity contribution in [3.8, 4) is 5.75 Å². The van der Waals surface area contributed by atoms with Crippen molar-refractivity contribution in [2.45, 2.75) is 45.6 Å². The smallest absolute Gasteiger partial charge is 0.255 e. The monoisotopic (exact) mass is 305 g/mol. The molecule has 1 aliphatic rings. The third-order valence-electron chi connectivity index (χ3n) is 4.64. The van der Waals surface area contributed by atoms with Crippen LogP contribution in [0.3, 0.4) is 0 Å². The minimum atomic E-state index is -0.0396. The van der Waals surface area contributed by atoms with E-state index < -0.39 is 0 Å². The lowest BCUT2D eigenvalue weighted by Crippen LogP contribution is -3.16. The van der Waals surface area contributed by atoms with Gasteiger partial charge in [-0.25, -0.2) is 0 Å². The van der Waals surface area contributed by atoms with E-state index in [9.17, 15) is 4.79 Å². The number of nitrogens with one attached hydrogen (secondary N) is 2. The molecule has 0 radical (unpaired) electrons. The quantitative estimate of drug-likeness (QED) is 0.784. The first-order valence-corrected chi connectivity index (χ1v) is 8.39. The van der Waals surface area contributed by atoms with Crippen LogP contribution in [0.2, 0.25) is 0 Å². The van der Waals surface area contributed by atoms with Crippen molar-refractivity contribution >= 4 is 5.91 Å². The first kappa shape index (κ1) is 16.8. The number of aryl methyl sites for hydroxylation is 1. The number of hydrogen-bond donors (Lipinski definition) is 2. The van der Waals surface area contributed by atoms with E-state index in [1.807, 2.05) is 25.1 Å². The topological polar surface area (TPSA) is 42.8 Å². The molecule has 0 aliphatic carbocycles. The lowest BCUT2D eigenvalue weighted by atomic mass is 10.0. The van der Waals surface area contributed by atoms with Gasteiger partial charge in [0, 0.05) is 13.0 Å². The van der Waals surface area contributed by atoms with Crippen molar-refractivity contribution < 1.29 is 14.4 Å². The Hall–Kier alpha value is -1.55. The Labute approximate surface area is 133 Å². The Morgan fingerprint density at radius 2 is 2.23 bits per heavy atom. The zero-order valence-corrected chi connectivity index (χ0v) is 14.1. The molecule has 2 rings (SSSR count). The summed E-state index contributed by atoms with van der Waals surface area (Å²) in [6.07, 6.45) is 5.07. The standard InChI is InChI=1S/C18H28N2O2/c1-14-8-9-17(22-3)16(13-14)18(21)19-10-6-12-20-11-5-4-7-15(20)2/h8-9,13,15H,4-7,10-12H2,1-3H3,(H,19,21)/p+1/t15-/m0/s1. The summed E-state index contributed by atoms with van der Waals surface area (Å²) < 4.78 is 5.27. The molecule has 1 aromatic rings. The number of amides is 1. The number of carbonyl (C=O) groups excluding carboxylic acids is 1. The van der Waals surface area contributed by atoms with Crippen molar-refractivity contribution in [2.75, 3.05) is 26.7 Å². The Morgan fingerprint density at radius 3 is 2.95 bits per heavy atom. The van der Waals surface area contributed by atoms with Gasteiger partial charge >= 0.3 is 0 Å². The molecule has 122 valence electrons. The van der Waals surface area contributed by atoms with Gasteiger partial charge in [-0.2, -0.15) is 0 Å². The Morgan fingerprint density at radius 1 is 1.41 bits per heavy atom. The highest BCUT2D eigenvalue weighted by molar-refractivity contribution is 5.97. The van der Waals surface area contributed by atoms with Crippen LogP contribution in [0.15, 0.2) is 18.2 Å². The fraction of sp³-hybridized carbons (Fsp3) is 0.611.